The molecule has 29 heavy (non-hydrogen) atoms. The maximum absolute atomic E-state index is 11.5. The van der Waals surface area contributed by atoms with Crippen molar-refractivity contribution in [1.82, 2.24) is 0 Å². The van der Waals surface area contributed by atoms with E-state index < -0.39 is 42.9 Å². The van der Waals surface area contributed by atoms with Gasteiger partial charge in [0.2, 0.25) is 6.29 Å². The van der Waals surface area contributed by atoms with E-state index in [2.05, 4.69) is 0 Å². The lowest BCUT2D eigenvalue weighted by Crippen LogP contribution is -2.60. The highest BCUT2D eigenvalue weighted by molar-refractivity contribution is 5.68. The van der Waals surface area contributed by atoms with Crippen LogP contribution in [0, 0.1) is 0 Å². The minimum Gasteiger partial charge on any atom is -0.496 e. The molecule has 0 bridgehead atoms. The molecule has 0 spiro atoms. The Morgan fingerprint density at radius 1 is 1.03 bits per heavy atom. The second kappa shape index (κ2) is 9.21. The van der Waals surface area contributed by atoms with Crippen molar-refractivity contribution < 1.29 is 39.1 Å². The highest BCUT2D eigenvalue weighted by Crippen LogP contribution is 2.25. The Labute approximate surface area is 166 Å². The van der Waals surface area contributed by atoms with Gasteiger partial charge in [0.1, 0.15) is 41.7 Å². The zero-order valence-electron chi connectivity index (χ0n) is 15.5. The van der Waals surface area contributed by atoms with Crippen LogP contribution in [0.1, 0.15) is 11.3 Å². The van der Waals surface area contributed by atoms with Crippen LogP contribution < -0.4 is 15.1 Å². The Balaban J connectivity index is 1.74. The maximum atomic E-state index is 11.5. The average molecular weight is 406 g/mol. The van der Waals surface area contributed by atoms with Gasteiger partial charge < -0.3 is 39.1 Å². The zero-order valence-corrected chi connectivity index (χ0v) is 15.5. The second-order valence-corrected chi connectivity index (χ2v) is 6.44. The molecule has 1 aliphatic rings. The third kappa shape index (κ3) is 5.03. The molecule has 2 aromatic rings. The maximum Gasteiger partial charge on any atom is 0.339 e. The summed E-state index contributed by atoms with van der Waals surface area (Å²) in [5.74, 6) is 0.999. The lowest BCUT2D eigenvalue weighted by atomic mass is 9.99. The van der Waals surface area contributed by atoms with Gasteiger partial charge >= 0.3 is 5.63 Å². The van der Waals surface area contributed by atoms with Gasteiger partial charge in [0.05, 0.1) is 19.8 Å². The van der Waals surface area contributed by atoms with Crippen molar-refractivity contribution in [3.8, 4) is 11.5 Å². The lowest BCUT2D eigenvalue weighted by molar-refractivity contribution is -0.277. The summed E-state index contributed by atoms with van der Waals surface area (Å²) < 4.78 is 21.0. The lowest BCUT2D eigenvalue weighted by Gasteiger charge is -2.39. The number of hydrogen-bond donors (Lipinski definition) is 4. The summed E-state index contributed by atoms with van der Waals surface area (Å²) in [4.78, 5) is 11.5. The number of benzene rings is 1. The first-order chi connectivity index (χ1) is 13.9. The van der Waals surface area contributed by atoms with E-state index in [0.717, 1.165) is 0 Å². The molecule has 9 heteroatoms. The van der Waals surface area contributed by atoms with Gasteiger partial charge in [-0.3, -0.25) is 0 Å². The van der Waals surface area contributed by atoms with Crippen LogP contribution in [0.3, 0.4) is 0 Å². The van der Waals surface area contributed by atoms with Gasteiger partial charge in [0.15, 0.2) is 0 Å². The highest BCUT2D eigenvalue weighted by Gasteiger charge is 2.44. The van der Waals surface area contributed by atoms with E-state index in [-0.39, 0.29) is 0 Å². The number of methoxy groups -OCH3 is 1. The summed E-state index contributed by atoms with van der Waals surface area (Å²) >= 11 is 0. The molecule has 9 nitrogen and oxygen atoms in total. The van der Waals surface area contributed by atoms with Crippen LogP contribution in [-0.2, 0) is 4.74 Å². The molecular weight excluding hydrogens is 384 g/mol. The molecule has 156 valence electrons. The van der Waals surface area contributed by atoms with Crippen molar-refractivity contribution in [1.29, 1.82) is 0 Å². The Hall–Kier alpha value is -2.69. The molecule has 1 aliphatic heterocycles. The molecule has 0 saturated carbocycles. The normalized spacial score (nSPS) is 27.1. The van der Waals surface area contributed by atoms with E-state index in [1.807, 2.05) is 0 Å². The largest absolute Gasteiger partial charge is 0.496 e. The number of rotatable bonds is 6. The second-order valence-electron chi connectivity index (χ2n) is 6.44. The summed E-state index contributed by atoms with van der Waals surface area (Å²) in [6.45, 7) is -0.542. The fourth-order valence-corrected chi connectivity index (χ4v) is 2.84. The van der Waals surface area contributed by atoms with Crippen LogP contribution in [0.4, 0.5) is 0 Å². The van der Waals surface area contributed by atoms with Gasteiger partial charge in [-0.15, -0.1) is 0 Å². The summed E-state index contributed by atoms with van der Waals surface area (Å²) in [7, 11) is 1.45. The third-order valence-electron chi connectivity index (χ3n) is 4.40. The van der Waals surface area contributed by atoms with Crippen LogP contribution in [-0.4, -0.2) is 64.8 Å². The molecule has 4 N–H and O–H groups in total. The first-order valence-corrected chi connectivity index (χ1v) is 8.86. The van der Waals surface area contributed by atoms with Gasteiger partial charge in [-0.05, 0) is 23.8 Å². The molecule has 0 amide bonds. The monoisotopic (exact) mass is 406 g/mol. The van der Waals surface area contributed by atoms with E-state index in [4.69, 9.17) is 18.6 Å². The third-order valence-corrected chi connectivity index (χ3v) is 4.40. The van der Waals surface area contributed by atoms with E-state index >= 15 is 0 Å². The topological polar surface area (TPSA) is 139 Å². The fraction of sp³-hybridized carbons (Fsp3) is 0.350. The SMILES string of the molecule is COc1cc(C=Cc2cccc(OC3OC(CO)C(O)C(O)C3O)c2)oc(=O)c1. The van der Waals surface area contributed by atoms with Gasteiger partial charge in [0.25, 0.3) is 0 Å². The molecule has 1 saturated heterocycles. The number of aliphatic hydroxyl groups is 4. The predicted molar refractivity (Wildman–Crippen MR) is 101 cm³/mol. The molecule has 3 rings (SSSR count). The predicted octanol–water partition coefficient (Wildman–Crippen LogP) is -0.00250. The van der Waals surface area contributed by atoms with Gasteiger partial charge in [0, 0.05) is 6.07 Å². The summed E-state index contributed by atoms with van der Waals surface area (Å²) in [6.07, 6.45) is -3.56. The summed E-state index contributed by atoms with van der Waals surface area (Å²) in [6, 6.07) is 9.51. The number of aliphatic hydroxyl groups excluding tert-OH is 4. The number of ether oxygens (including phenoxy) is 3. The Kier molecular flexibility index (Phi) is 6.68. The first-order valence-electron chi connectivity index (χ1n) is 8.86. The van der Waals surface area contributed by atoms with Crippen LogP contribution in [0.15, 0.2) is 45.6 Å². The number of hydrogen-bond acceptors (Lipinski definition) is 9. The average Bonchev–Trinajstić information content (AvgIpc) is 2.72. The summed E-state index contributed by atoms with van der Waals surface area (Å²) in [5.41, 5.74) is 0.154. The molecule has 0 radical (unpaired) electrons. The van der Waals surface area contributed by atoms with E-state index in [1.54, 1.807) is 42.5 Å². The van der Waals surface area contributed by atoms with Crippen molar-refractivity contribution >= 4 is 12.2 Å². The van der Waals surface area contributed by atoms with Gasteiger partial charge in [-0.2, -0.15) is 0 Å². The van der Waals surface area contributed by atoms with Crippen molar-refractivity contribution in [3.05, 3.63) is 58.1 Å². The Morgan fingerprint density at radius 3 is 2.55 bits per heavy atom. The highest BCUT2D eigenvalue weighted by atomic mass is 16.7. The zero-order chi connectivity index (χ0) is 21.0. The molecule has 1 aromatic heterocycles. The minimum absolute atomic E-state index is 0.301. The molecule has 5 unspecified atom stereocenters. The van der Waals surface area contributed by atoms with E-state index in [9.17, 15) is 25.2 Å². The van der Waals surface area contributed by atoms with Crippen LogP contribution >= 0.6 is 0 Å². The van der Waals surface area contributed by atoms with E-state index in [0.29, 0.717) is 22.8 Å². The molecule has 5 atom stereocenters. The molecular formula is C20H22O9. The standard InChI is InChI=1S/C20H22O9/c1-26-14-8-13(27-16(22)9-14)6-5-11-3-2-4-12(7-11)28-20-19(25)18(24)17(23)15(10-21)29-20/h2-9,15,17-21,23-25H,10H2,1H3. The van der Waals surface area contributed by atoms with Crippen LogP contribution in [0.5, 0.6) is 11.5 Å². The Bertz CT molecular complexity index is 905. The quantitative estimate of drug-likeness (QED) is 0.522. The summed E-state index contributed by atoms with van der Waals surface area (Å²) in [5, 5.41) is 39.0. The molecule has 1 fully saturated rings. The fourth-order valence-electron chi connectivity index (χ4n) is 2.84. The van der Waals surface area contributed by atoms with E-state index in [1.165, 1.54) is 13.2 Å². The Morgan fingerprint density at radius 2 is 1.83 bits per heavy atom. The van der Waals surface area contributed by atoms with Crippen molar-refractivity contribution in [3.63, 3.8) is 0 Å². The van der Waals surface area contributed by atoms with Crippen molar-refractivity contribution in [2.45, 2.75) is 30.7 Å². The molecule has 1 aromatic carbocycles. The van der Waals surface area contributed by atoms with Crippen molar-refractivity contribution in [2.24, 2.45) is 0 Å². The van der Waals surface area contributed by atoms with Gasteiger partial charge in [-0.25, -0.2) is 4.79 Å². The first kappa shape index (κ1) is 21.0. The minimum atomic E-state index is -1.52. The van der Waals surface area contributed by atoms with Crippen molar-refractivity contribution in [2.75, 3.05) is 13.7 Å². The smallest absolute Gasteiger partial charge is 0.339 e. The van der Waals surface area contributed by atoms with Crippen LogP contribution in [0.2, 0.25) is 0 Å². The van der Waals surface area contributed by atoms with Crippen LogP contribution in [0.25, 0.3) is 12.2 Å². The van der Waals surface area contributed by atoms with Gasteiger partial charge in [-0.1, -0.05) is 18.2 Å². The molecule has 0 aliphatic carbocycles. The molecule has 2 heterocycles.